The highest BCUT2D eigenvalue weighted by atomic mass is 79.9. The van der Waals surface area contributed by atoms with E-state index in [1.165, 1.54) is 30.5 Å². The van der Waals surface area contributed by atoms with E-state index < -0.39 is 22.0 Å². The molecule has 3 aromatic carbocycles. The lowest BCUT2D eigenvalue weighted by molar-refractivity contribution is -0.385. The molecule has 0 saturated heterocycles. The molecule has 0 saturated carbocycles. The highest BCUT2D eigenvalue weighted by Gasteiger charge is 2.22. The third kappa shape index (κ3) is 5.29. The Kier molecular flexibility index (Phi) is 7.46. The largest absolute Gasteiger partial charge is 0.481 e. The molecule has 0 radical (unpaired) electrons. The van der Waals surface area contributed by atoms with E-state index in [0.717, 1.165) is 10.7 Å². The molecule has 0 spiro atoms. The fraction of sp³-hybridized carbons (Fsp3) is 0.160. The highest BCUT2D eigenvalue weighted by Crippen LogP contribution is 2.34. The van der Waals surface area contributed by atoms with E-state index in [1.54, 1.807) is 24.3 Å². The summed E-state index contributed by atoms with van der Waals surface area (Å²) in [4.78, 5) is 28.9. The summed E-state index contributed by atoms with van der Waals surface area (Å²) in [5.41, 5.74) is 0.0447. The minimum atomic E-state index is -0.652. The monoisotopic (exact) mass is 572 g/mol. The topological polar surface area (TPSA) is 99.6 Å². The number of benzene rings is 3. The minimum Gasteiger partial charge on any atom is -0.481 e. The molecule has 11 heteroatoms. The first-order valence-electron chi connectivity index (χ1n) is 10.8. The van der Waals surface area contributed by atoms with Gasteiger partial charge in [-0.2, -0.15) is 9.78 Å². The second-order valence-electron chi connectivity index (χ2n) is 8.13. The summed E-state index contributed by atoms with van der Waals surface area (Å²) in [6, 6.07) is 13.7. The van der Waals surface area contributed by atoms with Crippen molar-refractivity contribution in [3.8, 4) is 5.75 Å². The van der Waals surface area contributed by atoms with Crippen LogP contribution in [0, 0.1) is 15.9 Å². The number of hydrogen-bond donors (Lipinski definition) is 0. The van der Waals surface area contributed by atoms with E-state index in [0.29, 0.717) is 21.2 Å². The van der Waals surface area contributed by atoms with Gasteiger partial charge in [0.05, 0.1) is 22.0 Å². The molecule has 0 amide bonds. The highest BCUT2D eigenvalue weighted by molar-refractivity contribution is 9.10. The summed E-state index contributed by atoms with van der Waals surface area (Å²) in [5, 5.41) is 16.5. The van der Waals surface area contributed by atoms with Crippen molar-refractivity contribution < 1.29 is 14.1 Å². The Labute approximate surface area is 218 Å². The van der Waals surface area contributed by atoms with Gasteiger partial charge < -0.3 is 4.74 Å². The Morgan fingerprint density at radius 3 is 2.69 bits per heavy atom. The van der Waals surface area contributed by atoms with Gasteiger partial charge in [-0.05, 0) is 30.3 Å². The van der Waals surface area contributed by atoms with Gasteiger partial charge in [-0.25, -0.2) is 9.37 Å². The van der Waals surface area contributed by atoms with Crippen LogP contribution in [0.15, 0.2) is 69.0 Å². The van der Waals surface area contributed by atoms with Crippen LogP contribution in [-0.2, 0) is 6.61 Å². The summed E-state index contributed by atoms with van der Waals surface area (Å²) in [7, 11) is 0. The molecule has 0 aliphatic rings. The second kappa shape index (κ2) is 10.5. The third-order valence-electron chi connectivity index (χ3n) is 5.25. The van der Waals surface area contributed by atoms with Crippen molar-refractivity contribution in [2.75, 3.05) is 0 Å². The first-order valence-corrected chi connectivity index (χ1v) is 11.9. The van der Waals surface area contributed by atoms with Crippen molar-refractivity contribution >= 4 is 50.3 Å². The molecule has 0 fully saturated rings. The molecule has 0 aliphatic heterocycles. The van der Waals surface area contributed by atoms with Gasteiger partial charge in [-0.15, -0.1) is 0 Å². The van der Waals surface area contributed by atoms with Gasteiger partial charge in [0.25, 0.3) is 5.56 Å². The first kappa shape index (κ1) is 25.5. The summed E-state index contributed by atoms with van der Waals surface area (Å²) < 4.78 is 21.6. The van der Waals surface area contributed by atoms with Crippen LogP contribution in [0.1, 0.15) is 36.7 Å². The van der Waals surface area contributed by atoms with Gasteiger partial charge in [0.2, 0.25) is 5.75 Å². The smallest absolute Gasteiger partial charge is 0.313 e. The van der Waals surface area contributed by atoms with Crippen LogP contribution in [0.5, 0.6) is 5.75 Å². The molecule has 8 nitrogen and oxygen atoms in total. The molecular formula is C25H19BrClFN4O4. The average Bonchev–Trinajstić information content (AvgIpc) is 2.83. The first-order chi connectivity index (χ1) is 17.2. The maximum absolute atomic E-state index is 14.1. The fourth-order valence-electron chi connectivity index (χ4n) is 3.53. The number of nitro groups is 1. The average molecular weight is 574 g/mol. The molecule has 1 aromatic heterocycles. The number of hydrogen-bond acceptors (Lipinski definition) is 6. The van der Waals surface area contributed by atoms with Gasteiger partial charge in [0.15, 0.2) is 0 Å². The molecule has 0 aliphatic carbocycles. The lowest BCUT2D eigenvalue weighted by Crippen LogP contribution is -2.23. The number of halogens is 3. The standard InChI is InChI=1S/C25H19BrClFN4O4/c1-14(2)24-30-21-8-7-17(26)10-19(21)25(33)31(24)29-12-16-9-18(27)11-22(32(34)35)23(16)36-13-15-5-3-4-6-20(15)28/h3-12,14H,13H2,1-2H3. The van der Waals surface area contributed by atoms with Gasteiger partial charge in [0.1, 0.15) is 18.2 Å². The maximum atomic E-state index is 14.1. The third-order valence-corrected chi connectivity index (χ3v) is 5.96. The molecule has 36 heavy (non-hydrogen) atoms. The number of ether oxygens (including phenoxy) is 1. The predicted octanol–water partition coefficient (Wildman–Crippen LogP) is 6.44. The Hall–Kier alpha value is -3.63. The maximum Gasteiger partial charge on any atom is 0.313 e. The number of aromatic nitrogens is 2. The quantitative estimate of drug-likeness (QED) is 0.144. The van der Waals surface area contributed by atoms with Crippen LogP contribution in [0.4, 0.5) is 10.1 Å². The Balaban J connectivity index is 1.84. The van der Waals surface area contributed by atoms with Gasteiger partial charge in [-0.1, -0.05) is 59.6 Å². The van der Waals surface area contributed by atoms with Gasteiger partial charge in [0, 0.05) is 32.6 Å². The molecule has 0 atom stereocenters. The van der Waals surface area contributed by atoms with E-state index in [1.807, 2.05) is 13.8 Å². The molecule has 0 bridgehead atoms. The minimum absolute atomic E-state index is 0.0680. The fourth-order valence-corrected chi connectivity index (χ4v) is 4.11. The van der Waals surface area contributed by atoms with Crippen molar-refractivity contribution in [1.29, 1.82) is 0 Å². The lowest BCUT2D eigenvalue weighted by atomic mass is 10.1. The van der Waals surface area contributed by atoms with E-state index in [-0.39, 0.29) is 34.4 Å². The zero-order valence-electron chi connectivity index (χ0n) is 19.1. The number of rotatable bonds is 7. The number of fused-ring (bicyclic) bond motifs is 1. The molecule has 4 aromatic rings. The van der Waals surface area contributed by atoms with Crippen LogP contribution in [0.3, 0.4) is 0 Å². The SMILES string of the molecule is CC(C)c1nc2ccc(Br)cc2c(=O)n1N=Cc1cc(Cl)cc([N+](=O)[O-])c1OCc1ccccc1F. The van der Waals surface area contributed by atoms with E-state index in [4.69, 9.17) is 16.3 Å². The van der Waals surface area contributed by atoms with Gasteiger partial charge in [-0.3, -0.25) is 14.9 Å². The van der Waals surface area contributed by atoms with E-state index in [9.17, 15) is 19.3 Å². The van der Waals surface area contributed by atoms with E-state index >= 15 is 0 Å². The van der Waals surface area contributed by atoms with Crippen LogP contribution in [-0.4, -0.2) is 20.8 Å². The van der Waals surface area contributed by atoms with Crippen LogP contribution in [0.25, 0.3) is 10.9 Å². The molecule has 0 unspecified atom stereocenters. The Morgan fingerprint density at radius 2 is 2.00 bits per heavy atom. The molecular weight excluding hydrogens is 555 g/mol. The van der Waals surface area contributed by atoms with Crippen molar-refractivity contribution in [2.45, 2.75) is 26.4 Å². The zero-order chi connectivity index (χ0) is 26.0. The predicted molar refractivity (Wildman–Crippen MR) is 140 cm³/mol. The normalized spacial score (nSPS) is 11.5. The molecule has 0 N–H and O–H groups in total. The lowest BCUT2D eigenvalue weighted by Gasteiger charge is -2.13. The Morgan fingerprint density at radius 1 is 1.25 bits per heavy atom. The Bertz CT molecular complexity index is 1570. The molecule has 1 heterocycles. The molecule has 184 valence electrons. The van der Waals surface area contributed by atoms with E-state index in [2.05, 4.69) is 26.0 Å². The summed E-state index contributed by atoms with van der Waals surface area (Å²) in [5.74, 6) is -0.428. The molecule has 4 rings (SSSR count). The van der Waals surface area contributed by atoms with Crippen LogP contribution >= 0.6 is 27.5 Å². The van der Waals surface area contributed by atoms with Crippen molar-refractivity contribution in [1.82, 2.24) is 9.66 Å². The number of nitrogens with zero attached hydrogens (tertiary/aromatic N) is 4. The van der Waals surface area contributed by atoms with Crippen molar-refractivity contribution in [3.63, 3.8) is 0 Å². The van der Waals surface area contributed by atoms with Gasteiger partial charge >= 0.3 is 5.69 Å². The second-order valence-corrected chi connectivity index (χ2v) is 9.48. The zero-order valence-corrected chi connectivity index (χ0v) is 21.5. The van der Waals surface area contributed by atoms with Crippen LogP contribution in [0.2, 0.25) is 5.02 Å². The number of nitro benzene ring substituents is 1. The summed E-state index contributed by atoms with van der Waals surface area (Å²) >= 11 is 9.49. The van der Waals surface area contributed by atoms with Crippen LogP contribution < -0.4 is 10.3 Å². The summed E-state index contributed by atoms with van der Waals surface area (Å²) in [6.07, 6.45) is 1.24. The summed E-state index contributed by atoms with van der Waals surface area (Å²) in [6.45, 7) is 3.47. The van der Waals surface area contributed by atoms with Crippen molar-refractivity contribution in [3.05, 3.63) is 107 Å². The van der Waals surface area contributed by atoms with Crippen molar-refractivity contribution in [2.24, 2.45) is 5.10 Å².